The third kappa shape index (κ3) is 3.08. The van der Waals surface area contributed by atoms with E-state index < -0.39 is 0 Å². The molecule has 1 aromatic carbocycles. The quantitative estimate of drug-likeness (QED) is 0.760. The van der Waals surface area contributed by atoms with Crippen LogP contribution < -0.4 is 5.32 Å². The second-order valence-corrected chi connectivity index (χ2v) is 3.25. The number of rotatable bonds is 3. The van der Waals surface area contributed by atoms with Gasteiger partial charge in [0.05, 0.1) is 18.2 Å². The highest BCUT2D eigenvalue weighted by molar-refractivity contribution is 5.94. The van der Waals surface area contributed by atoms with E-state index in [9.17, 15) is 4.79 Å². The number of hydrogen-bond acceptors (Lipinski definition) is 3. The molecule has 1 atom stereocenters. The Morgan fingerprint density at radius 2 is 2.13 bits per heavy atom. The number of carbonyl (C=O) groups excluding carboxylic acids is 1. The lowest BCUT2D eigenvalue weighted by Gasteiger charge is -2.10. The van der Waals surface area contributed by atoms with Crippen LogP contribution >= 0.6 is 0 Å². The van der Waals surface area contributed by atoms with Crippen molar-refractivity contribution in [2.24, 2.45) is 0 Å². The van der Waals surface area contributed by atoms with Crippen molar-refractivity contribution in [1.82, 2.24) is 5.32 Å². The van der Waals surface area contributed by atoms with Gasteiger partial charge in [-0.15, -0.1) is 0 Å². The molecular formula is C11H12N2O2. The molecule has 0 aliphatic heterocycles. The van der Waals surface area contributed by atoms with Gasteiger partial charge in [-0.25, -0.2) is 0 Å². The number of amides is 1. The highest BCUT2D eigenvalue weighted by Gasteiger charge is 2.08. The summed E-state index contributed by atoms with van der Waals surface area (Å²) in [6, 6.07) is 8.03. The summed E-state index contributed by atoms with van der Waals surface area (Å²) >= 11 is 0. The molecule has 0 aromatic heterocycles. The summed E-state index contributed by atoms with van der Waals surface area (Å²) < 4.78 is 0. The van der Waals surface area contributed by atoms with E-state index in [0.29, 0.717) is 11.1 Å². The summed E-state index contributed by atoms with van der Waals surface area (Å²) in [6.07, 6.45) is 0. The number of nitrogens with one attached hydrogen (secondary N) is 1. The monoisotopic (exact) mass is 204 g/mol. The summed E-state index contributed by atoms with van der Waals surface area (Å²) in [4.78, 5) is 11.5. The first-order chi connectivity index (χ1) is 7.17. The molecule has 4 heteroatoms. The largest absolute Gasteiger partial charge is 0.394 e. The smallest absolute Gasteiger partial charge is 0.251 e. The molecule has 0 heterocycles. The van der Waals surface area contributed by atoms with Crippen molar-refractivity contribution in [1.29, 1.82) is 5.26 Å². The molecule has 0 fully saturated rings. The van der Waals surface area contributed by atoms with E-state index >= 15 is 0 Å². The Labute approximate surface area is 88.2 Å². The number of nitrogens with zero attached hydrogens (tertiary/aromatic N) is 1. The Hall–Kier alpha value is -1.86. The average Bonchev–Trinajstić information content (AvgIpc) is 2.29. The van der Waals surface area contributed by atoms with Crippen LogP contribution in [0.4, 0.5) is 0 Å². The summed E-state index contributed by atoms with van der Waals surface area (Å²) in [6.45, 7) is 1.61. The van der Waals surface area contributed by atoms with E-state index in [1.807, 2.05) is 6.07 Å². The lowest BCUT2D eigenvalue weighted by atomic mass is 10.1. The van der Waals surface area contributed by atoms with Crippen LogP contribution in [0.15, 0.2) is 24.3 Å². The molecule has 2 N–H and O–H groups in total. The Balaban J connectivity index is 2.71. The Kier molecular flexibility index (Phi) is 3.83. The first-order valence-electron chi connectivity index (χ1n) is 4.59. The van der Waals surface area contributed by atoms with Crippen LogP contribution in [0.2, 0.25) is 0 Å². The molecule has 15 heavy (non-hydrogen) atoms. The molecular weight excluding hydrogens is 192 g/mol. The second kappa shape index (κ2) is 5.13. The topological polar surface area (TPSA) is 73.1 Å². The third-order valence-corrected chi connectivity index (χ3v) is 1.93. The number of aliphatic hydroxyl groups excluding tert-OH is 1. The molecule has 0 saturated carbocycles. The van der Waals surface area contributed by atoms with Gasteiger partial charge < -0.3 is 10.4 Å². The van der Waals surface area contributed by atoms with Crippen molar-refractivity contribution in [3.05, 3.63) is 35.4 Å². The number of benzene rings is 1. The van der Waals surface area contributed by atoms with Crippen molar-refractivity contribution >= 4 is 5.91 Å². The minimum absolute atomic E-state index is 0.0952. The number of carbonyl (C=O) groups is 1. The average molecular weight is 204 g/mol. The van der Waals surface area contributed by atoms with Gasteiger partial charge in [-0.2, -0.15) is 5.26 Å². The zero-order valence-electron chi connectivity index (χ0n) is 8.40. The normalized spacial score (nSPS) is 11.5. The highest BCUT2D eigenvalue weighted by atomic mass is 16.3. The summed E-state index contributed by atoms with van der Waals surface area (Å²) in [5, 5.41) is 19.9. The van der Waals surface area contributed by atoms with Crippen molar-refractivity contribution < 1.29 is 9.90 Å². The van der Waals surface area contributed by atoms with Crippen LogP contribution in [0, 0.1) is 11.3 Å². The van der Waals surface area contributed by atoms with E-state index in [2.05, 4.69) is 5.32 Å². The Morgan fingerprint density at radius 3 is 2.60 bits per heavy atom. The van der Waals surface area contributed by atoms with Gasteiger partial charge in [-0.1, -0.05) is 0 Å². The molecule has 0 bridgehead atoms. The predicted octanol–water partition coefficient (Wildman–Crippen LogP) is 0.669. The van der Waals surface area contributed by atoms with E-state index in [1.54, 1.807) is 31.2 Å². The van der Waals surface area contributed by atoms with Crippen molar-refractivity contribution in [2.45, 2.75) is 13.0 Å². The Bertz CT molecular complexity index is 379. The van der Waals surface area contributed by atoms with Gasteiger partial charge in [0.15, 0.2) is 0 Å². The molecule has 0 aliphatic carbocycles. The molecule has 0 spiro atoms. The van der Waals surface area contributed by atoms with E-state index in [4.69, 9.17) is 10.4 Å². The number of hydrogen-bond donors (Lipinski definition) is 2. The van der Waals surface area contributed by atoms with Crippen LogP contribution in [0.1, 0.15) is 22.8 Å². The lowest BCUT2D eigenvalue weighted by Crippen LogP contribution is -2.34. The van der Waals surface area contributed by atoms with Gasteiger partial charge in [0.2, 0.25) is 0 Å². The summed E-state index contributed by atoms with van der Waals surface area (Å²) in [7, 11) is 0. The molecule has 4 nitrogen and oxygen atoms in total. The Morgan fingerprint density at radius 1 is 1.53 bits per heavy atom. The SMILES string of the molecule is CC(CO)NC(=O)c1ccc(C#N)cc1. The molecule has 0 radical (unpaired) electrons. The first-order valence-corrected chi connectivity index (χ1v) is 4.59. The maximum absolute atomic E-state index is 11.5. The van der Waals surface area contributed by atoms with Gasteiger partial charge in [0.1, 0.15) is 0 Å². The van der Waals surface area contributed by atoms with Crippen LogP contribution in [0.5, 0.6) is 0 Å². The maximum atomic E-state index is 11.5. The van der Waals surface area contributed by atoms with E-state index in [0.717, 1.165) is 0 Å². The minimum Gasteiger partial charge on any atom is -0.394 e. The highest BCUT2D eigenvalue weighted by Crippen LogP contribution is 2.03. The fraction of sp³-hybridized carbons (Fsp3) is 0.273. The number of nitriles is 1. The van der Waals surface area contributed by atoms with Gasteiger partial charge in [0, 0.05) is 11.6 Å². The van der Waals surface area contributed by atoms with Crippen molar-refractivity contribution in [3.8, 4) is 6.07 Å². The molecule has 1 amide bonds. The van der Waals surface area contributed by atoms with Gasteiger partial charge >= 0.3 is 0 Å². The number of aliphatic hydroxyl groups is 1. The first kappa shape index (κ1) is 11.2. The van der Waals surface area contributed by atoms with Crippen LogP contribution in [0.3, 0.4) is 0 Å². The molecule has 0 aliphatic rings. The molecule has 1 rings (SSSR count). The zero-order valence-corrected chi connectivity index (χ0v) is 8.40. The summed E-state index contributed by atoms with van der Waals surface area (Å²) in [5.41, 5.74) is 0.996. The van der Waals surface area contributed by atoms with Gasteiger partial charge in [-0.3, -0.25) is 4.79 Å². The van der Waals surface area contributed by atoms with Gasteiger partial charge in [-0.05, 0) is 31.2 Å². The van der Waals surface area contributed by atoms with E-state index in [1.165, 1.54) is 0 Å². The second-order valence-electron chi connectivity index (χ2n) is 3.25. The predicted molar refractivity (Wildman–Crippen MR) is 55.2 cm³/mol. The fourth-order valence-corrected chi connectivity index (χ4v) is 1.05. The standard InChI is InChI=1S/C11H12N2O2/c1-8(7-14)13-11(15)10-4-2-9(6-12)3-5-10/h2-5,8,14H,7H2,1H3,(H,13,15). The van der Waals surface area contributed by atoms with E-state index in [-0.39, 0.29) is 18.6 Å². The minimum atomic E-state index is -0.270. The molecule has 1 unspecified atom stereocenters. The van der Waals surface area contributed by atoms with Crippen LogP contribution in [0.25, 0.3) is 0 Å². The van der Waals surface area contributed by atoms with Gasteiger partial charge in [0.25, 0.3) is 5.91 Å². The maximum Gasteiger partial charge on any atom is 0.251 e. The third-order valence-electron chi connectivity index (χ3n) is 1.93. The van der Waals surface area contributed by atoms with Crippen molar-refractivity contribution in [2.75, 3.05) is 6.61 Å². The van der Waals surface area contributed by atoms with Crippen molar-refractivity contribution in [3.63, 3.8) is 0 Å². The lowest BCUT2D eigenvalue weighted by molar-refractivity contribution is 0.0922. The summed E-state index contributed by atoms with van der Waals surface area (Å²) in [5.74, 6) is -0.249. The molecule has 1 aromatic rings. The molecule has 78 valence electrons. The van der Waals surface area contributed by atoms with Crippen LogP contribution in [-0.4, -0.2) is 23.7 Å². The van der Waals surface area contributed by atoms with Crippen LogP contribution in [-0.2, 0) is 0 Å². The zero-order chi connectivity index (χ0) is 11.3. The molecule has 0 saturated heterocycles. The fourth-order valence-electron chi connectivity index (χ4n) is 1.05.